The molecule has 0 fully saturated rings. The van der Waals surface area contributed by atoms with Gasteiger partial charge in [-0.1, -0.05) is 18.7 Å². The average molecular weight is 334 g/mol. The fourth-order valence-electron chi connectivity index (χ4n) is 1.85. The smallest absolute Gasteiger partial charge is 0.251 e. The van der Waals surface area contributed by atoms with E-state index in [0.29, 0.717) is 23.2 Å². The Morgan fingerprint density at radius 3 is 2.61 bits per heavy atom. The third kappa shape index (κ3) is 5.98. The average Bonchev–Trinajstić information content (AvgIpc) is 2.52. The summed E-state index contributed by atoms with van der Waals surface area (Å²) in [6.07, 6.45) is 1.19. The topological polar surface area (TPSA) is 64.2 Å². The molecule has 1 atom stereocenters. The summed E-state index contributed by atoms with van der Waals surface area (Å²) in [7, 11) is 0. The lowest BCUT2D eigenvalue weighted by Crippen LogP contribution is -2.10. The van der Waals surface area contributed by atoms with Crippen LogP contribution in [-0.2, 0) is 0 Å². The van der Waals surface area contributed by atoms with E-state index in [1.165, 1.54) is 17.8 Å². The van der Waals surface area contributed by atoms with Gasteiger partial charge in [0.1, 0.15) is 11.5 Å². The number of aromatic nitrogens is 2. The minimum atomic E-state index is -0.127. The van der Waals surface area contributed by atoms with Crippen molar-refractivity contribution in [3.05, 3.63) is 46.4 Å². The fourth-order valence-corrected chi connectivity index (χ4v) is 2.59. The van der Waals surface area contributed by atoms with E-state index in [9.17, 15) is 4.79 Å². The van der Waals surface area contributed by atoms with Gasteiger partial charge in [-0.2, -0.15) is 0 Å². The fraction of sp³-hybridized carbons (Fsp3) is 0.412. The Hall–Kier alpha value is -1.95. The highest BCUT2D eigenvalue weighted by Crippen LogP contribution is 2.20. The van der Waals surface area contributed by atoms with Gasteiger partial charge in [-0.25, -0.2) is 4.98 Å². The summed E-state index contributed by atoms with van der Waals surface area (Å²) < 4.78 is 11.4. The molecule has 6 heteroatoms. The summed E-state index contributed by atoms with van der Waals surface area (Å²) in [6, 6.07) is 9.09. The highest BCUT2D eigenvalue weighted by Gasteiger charge is 2.02. The van der Waals surface area contributed by atoms with Crippen molar-refractivity contribution in [3.8, 4) is 11.5 Å². The number of ether oxygens (including phenoxy) is 2. The number of H-pyrrole nitrogens is 1. The zero-order valence-corrected chi connectivity index (χ0v) is 14.5. The van der Waals surface area contributed by atoms with Gasteiger partial charge in [-0.05, 0) is 44.5 Å². The quantitative estimate of drug-likeness (QED) is 0.455. The first-order chi connectivity index (χ1) is 11.1. The number of rotatable bonds is 8. The van der Waals surface area contributed by atoms with Crippen LogP contribution in [0.15, 0.2) is 40.3 Å². The predicted molar refractivity (Wildman–Crippen MR) is 92.6 cm³/mol. The third-order valence-electron chi connectivity index (χ3n) is 3.17. The highest BCUT2D eigenvalue weighted by atomic mass is 32.2. The molecule has 2 rings (SSSR count). The molecule has 0 aliphatic heterocycles. The van der Waals surface area contributed by atoms with Gasteiger partial charge in [0.25, 0.3) is 5.56 Å². The van der Waals surface area contributed by atoms with Crippen molar-refractivity contribution >= 4 is 11.8 Å². The van der Waals surface area contributed by atoms with Gasteiger partial charge in [-0.15, -0.1) is 0 Å². The maximum atomic E-state index is 11.3. The van der Waals surface area contributed by atoms with Gasteiger partial charge >= 0.3 is 0 Å². The van der Waals surface area contributed by atoms with Gasteiger partial charge in [0, 0.05) is 17.5 Å². The van der Waals surface area contributed by atoms with Gasteiger partial charge in [0.2, 0.25) is 0 Å². The van der Waals surface area contributed by atoms with Gasteiger partial charge in [0.15, 0.2) is 5.16 Å². The lowest BCUT2D eigenvalue weighted by molar-refractivity contribution is 0.217. The number of thioether (sulfide) groups is 1. The largest absolute Gasteiger partial charge is 0.493 e. The van der Waals surface area contributed by atoms with Crippen molar-refractivity contribution in [1.82, 2.24) is 9.97 Å². The second kappa shape index (κ2) is 8.62. The third-order valence-corrected chi connectivity index (χ3v) is 4.01. The van der Waals surface area contributed by atoms with E-state index in [1.54, 1.807) is 6.92 Å². The van der Waals surface area contributed by atoms with Crippen LogP contribution in [-0.4, -0.2) is 28.4 Å². The number of hydrogen-bond acceptors (Lipinski definition) is 5. The molecule has 124 valence electrons. The molecule has 0 saturated heterocycles. The summed E-state index contributed by atoms with van der Waals surface area (Å²) in [4.78, 5) is 18.3. The van der Waals surface area contributed by atoms with Gasteiger partial charge in [0.05, 0.1) is 12.7 Å². The van der Waals surface area contributed by atoms with Crippen LogP contribution in [0, 0.1) is 6.92 Å². The van der Waals surface area contributed by atoms with E-state index in [2.05, 4.69) is 16.9 Å². The molecule has 2 aromatic rings. The molecule has 1 aromatic heterocycles. The van der Waals surface area contributed by atoms with Crippen molar-refractivity contribution in [3.63, 3.8) is 0 Å². The molecule has 1 unspecified atom stereocenters. The Bertz CT molecular complexity index is 670. The van der Waals surface area contributed by atoms with Crippen molar-refractivity contribution < 1.29 is 9.47 Å². The van der Waals surface area contributed by atoms with Crippen LogP contribution < -0.4 is 15.0 Å². The van der Waals surface area contributed by atoms with E-state index >= 15 is 0 Å². The summed E-state index contributed by atoms with van der Waals surface area (Å²) in [5, 5.41) is 0.621. The lowest BCUT2D eigenvalue weighted by Gasteiger charge is -2.13. The predicted octanol–water partition coefficient (Wildman–Crippen LogP) is 3.43. The summed E-state index contributed by atoms with van der Waals surface area (Å²) in [5.41, 5.74) is 0.590. The molecule has 1 N–H and O–H groups in total. The molecule has 0 aliphatic rings. The van der Waals surface area contributed by atoms with Gasteiger partial charge < -0.3 is 14.5 Å². The highest BCUT2D eigenvalue weighted by molar-refractivity contribution is 7.99. The van der Waals surface area contributed by atoms with Crippen LogP contribution in [0.2, 0.25) is 0 Å². The normalized spacial score (nSPS) is 12.0. The molecule has 0 saturated carbocycles. The molecule has 0 radical (unpaired) electrons. The monoisotopic (exact) mass is 334 g/mol. The molecule has 0 amide bonds. The van der Waals surface area contributed by atoms with Crippen LogP contribution >= 0.6 is 11.8 Å². The van der Waals surface area contributed by atoms with Gasteiger partial charge in [-0.3, -0.25) is 4.79 Å². The van der Waals surface area contributed by atoms with Crippen LogP contribution in [0.1, 0.15) is 26.0 Å². The molecule has 23 heavy (non-hydrogen) atoms. The molecular formula is C17H22N2O3S. The summed E-state index contributed by atoms with van der Waals surface area (Å²) in [6.45, 7) is 6.48. The first-order valence-corrected chi connectivity index (χ1v) is 8.65. The maximum Gasteiger partial charge on any atom is 0.251 e. The summed E-state index contributed by atoms with van der Waals surface area (Å²) >= 11 is 1.47. The molecule has 5 nitrogen and oxygen atoms in total. The van der Waals surface area contributed by atoms with E-state index in [4.69, 9.17) is 9.47 Å². The first kappa shape index (κ1) is 17.4. The van der Waals surface area contributed by atoms with Crippen molar-refractivity contribution in [2.45, 2.75) is 38.5 Å². The second-order valence-corrected chi connectivity index (χ2v) is 6.28. The zero-order chi connectivity index (χ0) is 16.7. The van der Waals surface area contributed by atoms with E-state index in [0.717, 1.165) is 17.9 Å². The standard InChI is InChI=1S/C17H22N2O3S/c1-4-13(3)22-15-7-5-14(6-8-15)21-9-10-23-17-18-12(2)11-16(20)19-17/h5-8,11,13H,4,9-10H2,1-3H3,(H,18,19,20). The molecule has 0 spiro atoms. The number of benzene rings is 1. The molecular weight excluding hydrogens is 312 g/mol. The number of aromatic amines is 1. The SMILES string of the molecule is CCC(C)Oc1ccc(OCCSc2nc(C)cc(=O)[nH]2)cc1. The Kier molecular flexibility index (Phi) is 6.52. The van der Waals surface area contributed by atoms with Crippen LogP contribution in [0.3, 0.4) is 0 Å². The zero-order valence-electron chi connectivity index (χ0n) is 13.7. The van der Waals surface area contributed by atoms with E-state index in [-0.39, 0.29) is 11.7 Å². The number of nitrogens with zero attached hydrogens (tertiary/aromatic N) is 1. The lowest BCUT2D eigenvalue weighted by atomic mass is 10.3. The number of hydrogen-bond donors (Lipinski definition) is 1. The Morgan fingerprint density at radius 1 is 1.26 bits per heavy atom. The van der Waals surface area contributed by atoms with Crippen molar-refractivity contribution in [2.75, 3.05) is 12.4 Å². The van der Waals surface area contributed by atoms with Crippen molar-refractivity contribution in [2.24, 2.45) is 0 Å². The summed E-state index contributed by atoms with van der Waals surface area (Å²) in [5.74, 6) is 2.35. The van der Waals surface area contributed by atoms with Crippen molar-refractivity contribution in [1.29, 1.82) is 0 Å². The first-order valence-electron chi connectivity index (χ1n) is 7.67. The molecule has 0 bridgehead atoms. The molecule has 0 aliphatic carbocycles. The molecule has 1 aromatic carbocycles. The molecule has 1 heterocycles. The van der Waals surface area contributed by atoms with Crippen LogP contribution in [0.25, 0.3) is 0 Å². The Labute approximate surface area is 140 Å². The van der Waals surface area contributed by atoms with E-state index < -0.39 is 0 Å². The number of nitrogens with one attached hydrogen (secondary N) is 1. The maximum absolute atomic E-state index is 11.3. The number of aryl methyl sites for hydroxylation is 1. The Balaban J connectivity index is 1.76. The minimum Gasteiger partial charge on any atom is -0.493 e. The second-order valence-electron chi connectivity index (χ2n) is 5.20. The van der Waals surface area contributed by atoms with Crippen LogP contribution in [0.4, 0.5) is 0 Å². The minimum absolute atomic E-state index is 0.127. The van der Waals surface area contributed by atoms with Crippen LogP contribution in [0.5, 0.6) is 11.5 Å². The van der Waals surface area contributed by atoms with E-state index in [1.807, 2.05) is 31.2 Å². The Morgan fingerprint density at radius 2 is 1.96 bits per heavy atom.